The van der Waals surface area contributed by atoms with Crippen molar-refractivity contribution in [2.45, 2.75) is 26.4 Å². The number of carbonyl (C=O) groups is 1. The number of aromatic nitrogens is 1. The Hall–Kier alpha value is -1.82. The van der Waals surface area contributed by atoms with Crippen LogP contribution in [-0.4, -0.2) is 11.3 Å². The normalized spacial score (nSPS) is 10.8. The first kappa shape index (κ1) is 14.6. The smallest absolute Gasteiger partial charge is 0.191 e. The van der Waals surface area contributed by atoms with E-state index in [1.807, 2.05) is 13.8 Å². The van der Waals surface area contributed by atoms with Gasteiger partial charge in [0, 0.05) is 16.9 Å². The first-order valence-corrected chi connectivity index (χ1v) is 6.90. The molecular weight excluding hydrogens is 284 g/mol. The molecule has 0 amide bonds. The summed E-state index contributed by atoms with van der Waals surface area (Å²) >= 11 is 1.48. The van der Waals surface area contributed by atoms with Gasteiger partial charge >= 0.3 is 0 Å². The number of ether oxygens (including phenoxy) is 1. The molecule has 0 atom stereocenters. The minimum atomic E-state index is -0.897. The molecule has 1 aromatic heterocycles. The Labute approximate surface area is 119 Å². The van der Waals surface area contributed by atoms with Crippen molar-refractivity contribution in [3.05, 3.63) is 45.4 Å². The standard InChI is InChI=1S/C14H13F2NO2S/c1-8(2)14-17-10(7-20-14)6-19-13-11(15)3-9(5-18)4-12(13)16/h3-5,7-8H,6H2,1-2H3. The van der Waals surface area contributed by atoms with Crippen LogP contribution >= 0.6 is 11.3 Å². The molecule has 0 saturated carbocycles. The Morgan fingerprint density at radius 3 is 2.50 bits per heavy atom. The summed E-state index contributed by atoms with van der Waals surface area (Å²) in [5.74, 6) is -1.98. The first-order valence-electron chi connectivity index (χ1n) is 6.02. The number of hydrogen-bond acceptors (Lipinski definition) is 4. The van der Waals surface area contributed by atoms with Gasteiger partial charge in [-0.25, -0.2) is 13.8 Å². The maximum absolute atomic E-state index is 13.6. The lowest BCUT2D eigenvalue weighted by Gasteiger charge is -2.07. The van der Waals surface area contributed by atoms with Gasteiger partial charge in [-0.1, -0.05) is 13.8 Å². The molecule has 0 aliphatic carbocycles. The van der Waals surface area contributed by atoms with Gasteiger partial charge in [-0.2, -0.15) is 0 Å². The van der Waals surface area contributed by atoms with Crippen LogP contribution in [0.25, 0.3) is 0 Å². The van der Waals surface area contributed by atoms with Gasteiger partial charge in [0.05, 0.1) is 10.7 Å². The highest BCUT2D eigenvalue weighted by Gasteiger charge is 2.14. The summed E-state index contributed by atoms with van der Waals surface area (Å²) < 4.78 is 32.3. The Balaban J connectivity index is 2.12. The second-order valence-electron chi connectivity index (χ2n) is 4.55. The fourth-order valence-corrected chi connectivity index (χ4v) is 2.41. The van der Waals surface area contributed by atoms with E-state index in [0.29, 0.717) is 17.9 Å². The van der Waals surface area contributed by atoms with E-state index in [1.165, 1.54) is 11.3 Å². The minimum Gasteiger partial charge on any atom is -0.481 e. The predicted octanol–water partition coefficient (Wildman–Crippen LogP) is 3.94. The highest BCUT2D eigenvalue weighted by Crippen LogP contribution is 2.25. The summed E-state index contributed by atoms with van der Waals surface area (Å²) in [6, 6.07) is 1.87. The van der Waals surface area contributed by atoms with Gasteiger partial charge < -0.3 is 4.74 Å². The van der Waals surface area contributed by atoms with Crippen molar-refractivity contribution < 1.29 is 18.3 Å². The van der Waals surface area contributed by atoms with E-state index in [4.69, 9.17) is 4.74 Å². The molecule has 0 spiro atoms. The maximum Gasteiger partial charge on any atom is 0.191 e. The van der Waals surface area contributed by atoms with Gasteiger partial charge in [-0.3, -0.25) is 4.79 Å². The number of carbonyl (C=O) groups excluding carboxylic acids is 1. The molecule has 6 heteroatoms. The van der Waals surface area contributed by atoms with E-state index in [2.05, 4.69) is 4.98 Å². The van der Waals surface area contributed by atoms with E-state index in [0.717, 1.165) is 17.1 Å². The highest BCUT2D eigenvalue weighted by atomic mass is 32.1. The lowest BCUT2D eigenvalue weighted by atomic mass is 10.2. The molecule has 3 nitrogen and oxygen atoms in total. The van der Waals surface area contributed by atoms with E-state index in [9.17, 15) is 13.6 Å². The molecule has 0 aliphatic heterocycles. The number of thiazole rings is 1. The topological polar surface area (TPSA) is 39.2 Å². The van der Waals surface area contributed by atoms with Crippen LogP contribution in [0.1, 0.15) is 40.8 Å². The number of nitrogens with zero attached hydrogens (tertiary/aromatic N) is 1. The SMILES string of the molecule is CC(C)c1nc(COc2c(F)cc(C=O)cc2F)cs1. The van der Waals surface area contributed by atoms with E-state index in [1.54, 1.807) is 5.38 Å². The molecule has 0 unspecified atom stereocenters. The summed E-state index contributed by atoms with van der Waals surface area (Å²) in [5.41, 5.74) is 0.556. The van der Waals surface area contributed by atoms with Crippen molar-refractivity contribution in [1.82, 2.24) is 4.98 Å². The Bertz CT molecular complexity index is 602. The van der Waals surface area contributed by atoms with Crippen molar-refractivity contribution in [1.29, 1.82) is 0 Å². The Morgan fingerprint density at radius 2 is 2.00 bits per heavy atom. The molecule has 1 heterocycles. The monoisotopic (exact) mass is 297 g/mol. The van der Waals surface area contributed by atoms with Crippen molar-refractivity contribution in [3.63, 3.8) is 0 Å². The van der Waals surface area contributed by atoms with Crippen molar-refractivity contribution in [3.8, 4) is 5.75 Å². The fraction of sp³-hybridized carbons (Fsp3) is 0.286. The van der Waals surface area contributed by atoms with Crippen molar-refractivity contribution in [2.24, 2.45) is 0 Å². The van der Waals surface area contributed by atoms with Crippen molar-refractivity contribution >= 4 is 17.6 Å². The number of aldehydes is 1. The second kappa shape index (κ2) is 6.09. The summed E-state index contributed by atoms with van der Waals surface area (Å²) in [6.07, 6.45) is 0.380. The molecule has 0 bridgehead atoms. The van der Waals surface area contributed by atoms with Crippen LogP contribution in [-0.2, 0) is 6.61 Å². The molecule has 0 saturated heterocycles. The summed E-state index contributed by atoms with van der Waals surface area (Å²) in [7, 11) is 0. The van der Waals surface area contributed by atoms with Gasteiger partial charge in [0.15, 0.2) is 17.4 Å². The van der Waals surface area contributed by atoms with Crippen LogP contribution in [0.5, 0.6) is 5.75 Å². The molecule has 0 radical (unpaired) electrons. The molecule has 1 aromatic carbocycles. The van der Waals surface area contributed by atoms with E-state index < -0.39 is 17.4 Å². The number of benzene rings is 1. The summed E-state index contributed by atoms with van der Waals surface area (Å²) in [4.78, 5) is 14.8. The largest absolute Gasteiger partial charge is 0.481 e. The van der Waals surface area contributed by atoms with Gasteiger partial charge in [-0.05, 0) is 12.1 Å². The molecule has 106 valence electrons. The van der Waals surface area contributed by atoms with Gasteiger partial charge in [0.25, 0.3) is 0 Å². The Morgan fingerprint density at radius 1 is 1.35 bits per heavy atom. The quantitative estimate of drug-likeness (QED) is 0.785. The van der Waals surface area contributed by atoms with Gasteiger partial charge in [0.2, 0.25) is 0 Å². The zero-order valence-electron chi connectivity index (χ0n) is 11.0. The van der Waals surface area contributed by atoms with Crippen molar-refractivity contribution in [2.75, 3.05) is 0 Å². The van der Waals surface area contributed by atoms with E-state index in [-0.39, 0.29) is 12.2 Å². The molecule has 2 aromatic rings. The van der Waals surface area contributed by atoms with Crippen LogP contribution in [0.3, 0.4) is 0 Å². The first-order chi connectivity index (χ1) is 9.51. The maximum atomic E-state index is 13.6. The molecule has 20 heavy (non-hydrogen) atoms. The Kier molecular flexibility index (Phi) is 4.44. The molecule has 2 rings (SSSR count). The van der Waals surface area contributed by atoms with Crippen LogP contribution in [0, 0.1) is 11.6 Å². The zero-order valence-corrected chi connectivity index (χ0v) is 11.8. The number of rotatable bonds is 5. The third-order valence-corrected chi connectivity index (χ3v) is 3.78. The highest BCUT2D eigenvalue weighted by molar-refractivity contribution is 7.09. The third-order valence-electron chi connectivity index (χ3n) is 2.58. The number of hydrogen-bond donors (Lipinski definition) is 0. The second-order valence-corrected chi connectivity index (χ2v) is 5.44. The van der Waals surface area contributed by atoms with Gasteiger partial charge in [-0.15, -0.1) is 11.3 Å². The lowest BCUT2D eigenvalue weighted by Crippen LogP contribution is -2.01. The minimum absolute atomic E-state index is 0.0164. The molecular formula is C14H13F2NO2S. The van der Waals surface area contributed by atoms with Crippen LogP contribution in [0.2, 0.25) is 0 Å². The molecule has 0 fully saturated rings. The summed E-state index contributed by atoms with van der Waals surface area (Å²) in [5, 5.41) is 2.74. The molecule has 0 N–H and O–H groups in total. The third kappa shape index (κ3) is 3.19. The lowest BCUT2D eigenvalue weighted by molar-refractivity contribution is 0.112. The fourth-order valence-electron chi connectivity index (χ4n) is 1.59. The van der Waals surface area contributed by atoms with Crippen LogP contribution in [0.4, 0.5) is 8.78 Å². The average Bonchev–Trinajstić information content (AvgIpc) is 2.86. The van der Waals surface area contributed by atoms with Crippen LogP contribution in [0.15, 0.2) is 17.5 Å². The molecule has 0 aliphatic rings. The van der Waals surface area contributed by atoms with E-state index >= 15 is 0 Å². The predicted molar refractivity (Wildman–Crippen MR) is 72.3 cm³/mol. The summed E-state index contributed by atoms with van der Waals surface area (Å²) in [6.45, 7) is 4.01. The zero-order chi connectivity index (χ0) is 14.7. The average molecular weight is 297 g/mol. The number of halogens is 2. The van der Waals surface area contributed by atoms with Gasteiger partial charge in [0.1, 0.15) is 12.9 Å². The van der Waals surface area contributed by atoms with Crippen LogP contribution < -0.4 is 4.74 Å².